The number of carbonyl (C=O) groups excluding carboxylic acids is 1. The number of aromatic nitrogens is 2. The molecule has 0 aliphatic carbocycles. The zero-order chi connectivity index (χ0) is 17.6. The predicted molar refractivity (Wildman–Crippen MR) is 96.3 cm³/mol. The number of ether oxygens (including phenoxy) is 1. The van der Waals surface area contributed by atoms with Crippen molar-refractivity contribution in [1.29, 1.82) is 0 Å². The highest BCUT2D eigenvalue weighted by atomic mass is 16.5. The SMILES string of the molecule is CCN1CCN(C(=O)c2cnc(Nc3ccc(OC)cc3)cn2)CC1. The molecule has 0 saturated carbocycles. The van der Waals surface area contributed by atoms with Gasteiger partial charge in [0.1, 0.15) is 17.3 Å². The van der Waals surface area contributed by atoms with Crippen LogP contribution in [-0.4, -0.2) is 65.5 Å². The maximum Gasteiger partial charge on any atom is 0.274 e. The Kier molecular flexibility index (Phi) is 5.45. The van der Waals surface area contributed by atoms with E-state index in [0.717, 1.165) is 44.2 Å². The first kappa shape index (κ1) is 17.2. The van der Waals surface area contributed by atoms with Crippen LogP contribution in [0.2, 0.25) is 0 Å². The number of likely N-dealkylation sites (N-methyl/N-ethyl adjacent to an activating group) is 1. The largest absolute Gasteiger partial charge is 0.497 e. The maximum atomic E-state index is 12.5. The Morgan fingerprint density at radius 1 is 1.12 bits per heavy atom. The van der Waals surface area contributed by atoms with Crippen molar-refractivity contribution in [2.45, 2.75) is 6.92 Å². The summed E-state index contributed by atoms with van der Waals surface area (Å²) in [6, 6.07) is 7.52. The number of carbonyl (C=O) groups is 1. The number of piperazine rings is 1. The van der Waals surface area contributed by atoms with E-state index < -0.39 is 0 Å². The van der Waals surface area contributed by atoms with E-state index in [1.165, 1.54) is 6.20 Å². The van der Waals surface area contributed by atoms with Gasteiger partial charge in [-0.3, -0.25) is 4.79 Å². The van der Waals surface area contributed by atoms with Crippen LogP contribution in [0, 0.1) is 0 Å². The maximum absolute atomic E-state index is 12.5. The van der Waals surface area contributed by atoms with E-state index in [1.807, 2.05) is 29.2 Å². The molecule has 0 atom stereocenters. The predicted octanol–water partition coefficient (Wildman–Crippen LogP) is 2.01. The second kappa shape index (κ2) is 7.94. The summed E-state index contributed by atoms with van der Waals surface area (Å²) in [4.78, 5) is 25.2. The molecular weight excluding hydrogens is 318 g/mol. The molecular formula is C18H23N5O2. The van der Waals surface area contributed by atoms with Crippen molar-refractivity contribution in [2.75, 3.05) is 45.2 Å². The van der Waals surface area contributed by atoms with Gasteiger partial charge >= 0.3 is 0 Å². The van der Waals surface area contributed by atoms with Crippen molar-refractivity contribution in [1.82, 2.24) is 19.8 Å². The first-order valence-corrected chi connectivity index (χ1v) is 8.44. The fourth-order valence-electron chi connectivity index (χ4n) is 2.75. The quantitative estimate of drug-likeness (QED) is 0.897. The van der Waals surface area contributed by atoms with Crippen molar-refractivity contribution in [3.05, 3.63) is 42.4 Å². The number of benzene rings is 1. The van der Waals surface area contributed by atoms with E-state index in [-0.39, 0.29) is 5.91 Å². The van der Waals surface area contributed by atoms with Crippen molar-refractivity contribution >= 4 is 17.4 Å². The Balaban J connectivity index is 1.60. The Hall–Kier alpha value is -2.67. The molecule has 132 valence electrons. The molecule has 2 heterocycles. The summed E-state index contributed by atoms with van der Waals surface area (Å²) in [6.07, 6.45) is 3.11. The van der Waals surface area contributed by atoms with Crippen LogP contribution in [0.25, 0.3) is 0 Å². The molecule has 1 aliphatic heterocycles. The Morgan fingerprint density at radius 3 is 2.40 bits per heavy atom. The van der Waals surface area contributed by atoms with Gasteiger partial charge in [0.15, 0.2) is 0 Å². The second-order valence-electron chi connectivity index (χ2n) is 5.87. The molecule has 1 N–H and O–H groups in total. The molecule has 3 rings (SSSR count). The van der Waals surface area contributed by atoms with Gasteiger partial charge in [0, 0.05) is 31.9 Å². The third kappa shape index (κ3) is 4.24. The van der Waals surface area contributed by atoms with Gasteiger partial charge in [0.25, 0.3) is 5.91 Å². The van der Waals surface area contributed by atoms with Crippen LogP contribution in [0.15, 0.2) is 36.7 Å². The third-order valence-electron chi connectivity index (χ3n) is 4.34. The standard InChI is InChI=1S/C18H23N5O2/c1-3-22-8-10-23(11-9-22)18(24)16-12-20-17(13-19-16)21-14-4-6-15(25-2)7-5-14/h4-7,12-13H,3,8-11H2,1-2H3,(H,20,21). The molecule has 1 fully saturated rings. The first-order chi connectivity index (χ1) is 12.2. The minimum absolute atomic E-state index is 0.0562. The third-order valence-corrected chi connectivity index (χ3v) is 4.34. The Bertz CT molecular complexity index is 694. The fourth-order valence-corrected chi connectivity index (χ4v) is 2.75. The van der Waals surface area contributed by atoms with Crippen LogP contribution in [0.5, 0.6) is 5.75 Å². The summed E-state index contributed by atoms with van der Waals surface area (Å²) >= 11 is 0. The highest BCUT2D eigenvalue weighted by molar-refractivity contribution is 5.92. The molecule has 1 aliphatic rings. The van der Waals surface area contributed by atoms with E-state index in [9.17, 15) is 4.79 Å². The molecule has 1 aromatic heterocycles. The number of rotatable bonds is 5. The molecule has 0 bridgehead atoms. The summed E-state index contributed by atoms with van der Waals surface area (Å²) in [5, 5.41) is 3.15. The molecule has 1 saturated heterocycles. The van der Waals surface area contributed by atoms with Crippen LogP contribution < -0.4 is 10.1 Å². The molecule has 1 aromatic carbocycles. The Morgan fingerprint density at radius 2 is 1.84 bits per heavy atom. The smallest absolute Gasteiger partial charge is 0.274 e. The second-order valence-corrected chi connectivity index (χ2v) is 5.87. The van der Waals surface area contributed by atoms with E-state index in [4.69, 9.17) is 4.74 Å². The first-order valence-electron chi connectivity index (χ1n) is 8.44. The zero-order valence-corrected chi connectivity index (χ0v) is 14.6. The number of nitrogens with one attached hydrogen (secondary N) is 1. The number of nitrogens with zero attached hydrogens (tertiary/aromatic N) is 4. The van der Waals surface area contributed by atoms with Crippen molar-refractivity contribution in [2.24, 2.45) is 0 Å². The summed E-state index contributed by atoms with van der Waals surface area (Å²) in [6.45, 7) is 6.45. The van der Waals surface area contributed by atoms with Gasteiger partial charge < -0.3 is 19.9 Å². The van der Waals surface area contributed by atoms with Crippen LogP contribution >= 0.6 is 0 Å². The fraction of sp³-hybridized carbons (Fsp3) is 0.389. The molecule has 0 unspecified atom stereocenters. The topological polar surface area (TPSA) is 70.6 Å². The molecule has 7 nitrogen and oxygen atoms in total. The van der Waals surface area contributed by atoms with Crippen LogP contribution in [-0.2, 0) is 0 Å². The van der Waals surface area contributed by atoms with Crippen LogP contribution in [0.3, 0.4) is 0 Å². The highest BCUT2D eigenvalue weighted by Gasteiger charge is 2.22. The summed E-state index contributed by atoms with van der Waals surface area (Å²) < 4.78 is 5.13. The van der Waals surface area contributed by atoms with Crippen molar-refractivity contribution < 1.29 is 9.53 Å². The normalized spacial score (nSPS) is 15.0. The molecule has 2 aromatic rings. The summed E-state index contributed by atoms with van der Waals surface area (Å²) in [5.74, 6) is 1.33. The Labute approximate surface area is 147 Å². The average Bonchev–Trinajstić information content (AvgIpc) is 2.69. The van der Waals surface area contributed by atoms with Crippen LogP contribution in [0.4, 0.5) is 11.5 Å². The summed E-state index contributed by atoms with van der Waals surface area (Å²) in [5.41, 5.74) is 1.26. The minimum atomic E-state index is -0.0562. The monoisotopic (exact) mass is 341 g/mol. The molecule has 25 heavy (non-hydrogen) atoms. The number of methoxy groups -OCH3 is 1. The van der Waals surface area contributed by atoms with E-state index in [1.54, 1.807) is 13.3 Å². The van der Waals surface area contributed by atoms with Gasteiger partial charge in [-0.05, 0) is 30.8 Å². The summed E-state index contributed by atoms with van der Waals surface area (Å²) in [7, 11) is 1.63. The molecule has 0 spiro atoms. The number of hydrogen-bond acceptors (Lipinski definition) is 6. The molecule has 7 heteroatoms. The van der Waals surface area contributed by atoms with Gasteiger partial charge in [0.05, 0.1) is 19.5 Å². The lowest BCUT2D eigenvalue weighted by Gasteiger charge is -2.33. The van der Waals surface area contributed by atoms with Gasteiger partial charge in [-0.1, -0.05) is 6.92 Å². The zero-order valence-electron chi connectivity index (χ0n) is 14.6. The lowest BCUT2D eigenvalue weighted by molar-refractivity contribution is 0.0637. The van der Waals surface area contributed by atoms with Crippen molar-refractivity contribution in [3.63, 3.8) is 0 Å². The van der Waals surface area contributed by atoms with Gasteiger partial charge in [-0.2, -0.15) is 0 Å². The van der Waals surface area contributed by atoms with Gasteiger partial charge in [-0.15, -0.1) is 0 Å². The lowest BCUT2D eigenvalue weighted by Crippen LogP contribution is -2.48. The van der Waals surface area contributed by atoms with E-state index in [2.05, 4.69) is 27.1 Å². The number of anilines is 2. The van der Waals surface area contributed by atoms with Gasteiger partial charge in [0.2, 0.25) is 0 Å². The highest BCUT2D eigenvalue weighted by Crippen LogP contribution is 2.18. The van der Waals surface area contributed by atoms with E-state index >= 15 is 0 Å². The molecule has 0 radical (unpaired) electrons. The molecule has 1 amide bonds. The number of hydrogen-bond donors (Lipinski definition) is 1. The number of amides is 1. The average molecular weight is 341 g/mol. The van der Waals surface area contributed by atoms with Crippen LogP contribution in [0.1, 0.15) is 17.4 Å². The van der Waals surface area contributed by atoms with Crippen molar-refractivity contribution in [3.8, 4) is 5.75 Å². The van der Waals surface area contributed by atoms with Gasteiger partial charge in [-0.25, -0.2) is 9.97 Å². The van der Waals surface area contributed by atoms with E-state index in [0.29, 0.717) is 11.5 Å². The lowest BCUT2D eigenvalue weighted by atomic mass is 10.3. The minimum Gasteiger partial charge on any atom is -0.497 e.